The van der Waals surface area contributed by atoms with Crippen molar-refractivity contribution in [3.05, 3.63) is 47.8 Å². The second kappa shape index (κ2) is 8.53. The van der Waals surface area contributed by atoms with Crippen LogP contribution < -0.4 is 11.1 Å². The quantitative estimate of drug-likeness (QED) is 0.692. The highest BCUT2D eigenvalue weighted by atomic mass is 35.5. The fraction of sp³-hybridized carbons (Fsp3) is 0.368. The number of anilines is 1. The number of benzene rings is 1. The first-order chi connectivity index (χ1) is 13.1. The molecule has 0 atom stereocenters. The second-order valence-electron chi connectivity index (χ2n) is 6.96. The molecule has 9 heteroatoms. The van der Waals surface area contributed by atoms with Gasteiger partial charge in [-0.15, -0.1) is 17.5 Å². The van der Waals surface area contributed by atoms with Crippen LogP contribution in [-0.2, 0) is 0 Å². The minimum absolute atomic E-state index is 0. The van der Waals surface area contributed by atoms with Crippen molar-refractivity contribution in [2.45, 2.75) is 44.7 Å². The Hall–Kier alpha value is -2.71. The molecule has 3 aromatic rings. The molecule has 28 heavy (non-hydrogen) atoms. The normalized spacial score (nSPS) is 19.1. The third kappa shape index (κ3) is 4.07. The summed E-state index contributed by atoms with van der Waals surface area (Å²) in [7, 11) is 0. The van der Waals surface area contributed by atoms with E-state index in [1.54, 1.807) is 10.9 Å². The van der Waals surface area contributed by atoms with Crippen LogP contribution in [0.1, 0.15) is 47.8 Å². The van der Waals surface area contributed by atoms with Gasteiger partial charge in [0.2, 0.25) is 5.88 Å². The molecular formula is C19H23ClN6O2. The fourth-order valence-electron chi connectivity index (χ4n) is 3.41. The van der Waals surface area contributed by atoms with E-state index in [-0.39, 0.29) is 36.1 Å². The molecule has 1 fully saturated rings. The third-order valence-electron chi connectivity index (χ3n) is 5.06. The standard InChI is InChI=1S/C19H22N6O2.ClH/c1-12-17(13-5-3-2-4-6-13)23-27-19(12)21-18(26)16-11-25(24-22-16)15-9-7-14(20)8-10-15;/h2-6,11,14-15H,7-10,20H2,1H3,(H,21,26);1H. The maximum Gasteiger partial charge on any atom is 0.280 e. The van der Waals surface area contributed by atoms with E-state index >= 15 is 0 Å². The number of nitrogens with zero attached hydrogens (tertiary/aromatic N) is 4. The van der Waals surface area contributed by atoms with E-state index in [0.29, 0.717) is 11.6 Å². The van der Waals surface area contributed by atoms with Gasteiger partial charge in [-0.05, 0) is 32.6 Å². The molecule has 1 saturated carbocycles. The zero-order valence-corrected chi connectivity index (χ0v) is 16.4. The lowest BCUT2D eigenvalue weighted by molar-refractivity contribution is 0.101. The van der Waals surface area contributed by atoms with E-state index in [2.05, 4.69) is 20.8 Å². The largest absolute Gasteiger partial charge is 0.338 e. The van der Waals surface area contributed by atoms with Crippen LogP contribution in [0.3, 0.4) is 0 Å². The average Bonchev–Trinajstić information content (AvgIpc) is 3.31. The number of rotatable bonds is 4. The van der Waals surface area contributed by atoms with Crippen molar-refractivity contribution in [3.8, 4) is 11.3 Å². The molecule has 2 aromatic heterocycles. The average molecular weight is 403 g/mol. The minimum Gasteiger partial charge on any atom is -0.338 e. The van der Waals surface area contributed by atoms with Gasteiger partial charge in [-0.1, -0.05) is 40.7 Å². The fourth-order valence-corrected chi connectivity index (χ4v) is 3.41. The Kier molecular flexibility index (Phi) is 6.11. The van der Waals surface area contributed by atoms with Gasteiger partial charge in [0.1, 0.15) is 5.69 Å². The molecule has 2 heterocycles. The number of hydrogen-bond donors (Lipinski definition) is 2. The van der Waals surface area contributed by atoms with E-state index in [1.807, 2.05) is 37.3 Å². The maximum atomic E-state index is 12.5. The first-order valence-electron chi connectivity index (χ1n) is 9.12. The third-order valence-corrected chi connectivity index (χ3v) is 5.06. The summed E-state index contributed by atoms with van der Waals surface area (Å²) in [5.74, 6) is -0.0512. The van der Waals surface area contributed by atoms with Crippen LogP contribution in [0.2, 0.25) is 0 Å². The van der Waals surface area contributed by atoms with Gasteiger partial charge in [0.05, 0.1) is 12.2 Å². The molecule has 0 spiro atoms. The summed E-state index contributed by atoms with van der Waals surface area (Å²) in [5.41, 5.74) is 8.60. The summed E-state index contributed by atoms with van der Waals surface area (Å²) >= 11 is 0. The molecule has 3 N–H and O–H groups in total. The van der Waals surface area contributed by atoms with Crippen molar-refractivity contribution in [1.82, 2.24) is 20.2 Å². The smallest absolute Gasteiger partial charge is 0.280 e. The van der Waals surface area contributed by atoms with Crippen molar-refractivity contribution in [3.63, 3.8) is 0 Å². The lowest BCUT2D eigenvalue weighted by Gasteiger charge is -2.25. The maximum absolute atomic E-state index is 12.5. The van der Waals surface area contributed by atoms with Crippen LogP contribution in [0, 0.1) is 6.92 Å². The molecule has 0 saturated heterocycles. The van der Waals surface area contributed by atoms with Crippen molar-refractivity contribution >= 4 is 24.2 Å². The molecule has 8 nitrogen and oxygen atoms in total. The van der Waals surface area contributed by atoms with Crippen molar-refractivity contribution in [1.29, 1.82) is 0 Å². The van der Waals surface area contributed by atoms with E-state index < -0.39 is 0 Å². The molecule has 148 valence electrons. The molecule has 1 aliphatic carbocycles. The molecule has 0 radical (unpaired) electrons. The van der Waals surface area contributed by atoms with Gasteiger partial charge in [-0.2, -0.15) is 0 Å². The highest BCUT2D eigenvalue weighted by molar-refractivity contribution is 6.02. The first kappa shape index (κ1) is 20.0. The first-order valence-corrected chi connectivity index (χ1v) is 9.12. The van der Waals surface area contributed by atoms with Gasteiger partial charge in [-0.3, -0.25) is 10.1 Å². The highest BCUT2D eigenvalue weighted by Crippen LogP contribution is 2.29. The van der Waals surface area contributed by atoms with Gasteiger partial charge >= 0.3 is 0 Å². The zero-order chi connectivity index (χ0) is 18.8. The zero-order valence-electron chi connectivity index (χ0n) is 15.5. The Labute approximate surface area is 168 Å². The number of carbonyl (C=O) groups excluding carboxylic acids is 1. The highest BCUT2D eigenvalue weighted by Gasteiger charge is 2.23. The van der Waals surface area contributed by atoms with Gasteiger partial charge < -0.3 is 10.3 Å². The molecule has 0 bridgehead atoms. The minimum atomic E-state index is -0.368. The Balaban J connectivity index is 0.00000225. The van der Waals surface area contributed by atoms with Crippen LogP contribution in [-0.4, -0.2) is 32.1 Å². The monoisotopic (exact) mass is 402 g/mol. The summed E-state index contributed by atoms with van der Waals surface area (Å²) in [5, 5.41) is 14.9. The Morgan fingerprint density at radius 3 is 2.64 bits per heavy atom. The molecule has 1 aromatic carbocycles. The molecule has 0 unspecified atom stereocenters. The number of nitrogens with two attached hydrogens (primary N) is 1. The van der Waals surface area contributed by atoms with Gasteiger partial charge in [0.15, 0.2) is 5.69 Å². The summed E-state index contributed by atoms with van der Waals surface area (Å²) in [6.07, 6.45) is 5.51. The Morgan fingerprint density at radius 2 is 1.93 bits per heavy atom. The van der Waals surface area contributed by atoms with Crippen LogP contribution in [0.5, 0.6) is 0 Å². The molecule has 1 aliphatic rings. The van der Waals surface area contributed by atoms with Crippen LogP contribution in [0.15, 0.2) is 41.1 Å². The molecule has 4 rings (SSSR count). The SMILES string of the molecule is Cc1c(-c2ccccc2)noc1NC(=O)c1cn(C2CCC(N)CC2)nn1.Cl. The van der Waals surface area contributed by atoms with Gasteiger partial charge in [-0.25, -0.2) is 4.68 Å². The lowest BCUT2D eigenvalue weighted by atomic mass is 9.92. The van der Waals surface area contributed by atoms with E-state index in [1.165, 1.54) is 0 Å². The second-order valence-corrected chi connectivity index (χ2v) is 6.96. The number of halogens is 1. The van der Waals surface area contributed by atoms with E-state index in [9.17, 15) is 4.79 Å². The predicted molar refractivity (Wildman–Crippen MR) is 107 cm³/mol. The van der Waals surface area contributed by atoms with Crippen LogP contribution in [0.4, 0.5) is 5.88 Å². The van der Waals surface area contributed by atoms with E-state index in [0.717, 1.165) is 36.8 Å². The molecule has 0 aliphatic heterocycles. The molecule has 1 amide bonds. The topological polar surface area (TPSA) is 112 Å². The summed E-state index contributed by atoms with van der Waals surface area (Å²) in [6.45, 7) is 1.86. The number of amides is 1. The van der Waals surface area contributed by atoms with Crippen molar-refractivity contribution in [2.24, 2.45) is 5.73 Å². The number of aromatic nitrogens is 4. The number of nitrogens with one attached hydrogen (secondary N) is 1. The van der Waals surface area contributed by atoms with Gasteiger partial charge in [0, 0.05) is 17.2 Å². The van der Waals surface area contributed by atoms with Crippen molar-refractivity contribution in [2.75, 3.05) is 5.32 Å². The van der Waals surface area contributed by atoms with Crippen LogP contribution in [0.25, 0.3) is 11.3 Å². The Bertz CT molecular complexity index is 931. The van der Waals surface area contributed by atoms with Crippen molar-refractivity contribution < 1.29 is 9.32 Å². The lowest BCUT2D eigenvalue weighted by Crippen LogP contribution is -2.28. The predicted octanol–water partition coefficient (Wildman–Crippen LogP) is 3.36. The number of hydrogen-bond acceptors (Lipinski definition) is 6. The summed E-state index contributed by atoms with van der Waals surface area (Å²) < 4.78 is 7.09. The molecular weight excluding hydrogens is 380 g/mol. The number of carbonyl (C=O) groups is 1. The Morgan fingerprint density at radius 1 is 1.21 bits per heavy atom. The van der Waals surface area contributed by atoms with Crippen LogP contribution >= 0.6 is 12.4 Å². The summed E-state index contributed by atoms with van der Waals surface area (Å²) in [4.78, 5) is 12.5. The van der Waals surface area contributed by atoms with Gasteiger partial charge in [0.25, 0.3) is 5.91 Å². The van der Waals surface area contributed by atoms with E-state index in [4.69, 9.17) is 10.3 Å². The summed E-state index contributed by atoms with van der Waals surface area (Å²) in [6, 6.07) is 10.2.